The van der Waals surface area contributed by atoms with Crippen LogP contribution in [0, 0.1) is 0 Å². The molecule has 0 heterocycles. The van der Waals surface area contributed by atoms with Gasteiger partial charge in [-0.05, 0) is 0 Å². The molecule has 0 fully saturated rings. The average molecular weight is 462 g/mol. The van der Waals surface area contributed by atoms with E-state index in [2.05, 4.69) is 4.52 Å². The van der Waals surface area contributed by atoms with E-state index in [-0.39, 0.29) is 0 Å². The van der Waals surface area contributed by atoms with E-state index in [1.807, 2.05) is 0 Å². The van der Waals surface area contributed by atoms with Gasteiger partial charge in [-0.25, -0.2) is 8.96 Å². The van der Waals surface area contributed by atoms with Crippen LogP contribution in [0.2, 0.25) is 0 Å². The second kappa shape index (κ2) is 6.88. The molecule has 0 aromatic carbocycles. The van der Waals surface area contributed by atoms with Crippen LogP contribution in [-0.2, 0) is 9.09 Å². The molecular weight excluding hydrogens is 457 g/mol. The highest BCUT2D eigenvalue weighted by Gasteiger charge is 2.90. The van der Waals surface area contributed by atoms with Gasteiger partial charge in [-0.3, -0.25) is 4.52 Å². The van der Waals surface area contributed by atoms with Crippen LogP contribution in [0.1, 0.15) is 6.42 Å². The van der Waals surface area contributed by atoms with E-state index in [0.717, 1.165) is 0 Å². The summed E-state index contributed by atoms with van der Waals surface area (Å²) in [6.45, 7) is 0. The Morgan fingerprint density at radius 3 is 1.33 bits per heavy atom. The lowest BCUT2D eigenvalue weighted by Crippen LogP contribution is -2.70. The number of hydrogen-bond donors (Lipinski definition) is 2. The van der Waals surface area contributed by atoms with Gasteiger partial charge in [0.1, 0.15) is 0 Å². The van der Waals surface area contributed by atoms with Gasteiger partial charge in [0.05, 0.1) is 6.42 Å². The van der Waals surface area contributed by atoms with Crippen LogP contribution >= 0.6 is 7.82 Å². The Bertz CT molecular complexity index is 580. The van der Waals surface area contributed by atoms with Crippen LogP contribution in [0.25, 0.3) is 0 Å². The average Bonchev–Trinajstić information content (AvgIpc) is 2.32. The van der Waals surface area contributed by atoms with Crippen molar-refractivity contribution in [3.8, 4) is 0 Å². The predicted octanol–water partition coefficient (Wildman–Crippen LogP) is 4.52. The van der Waals surface area contributed by atoms with Crippen molar-refractivity contribution in [1.82, 2.24) is 0 Å². The molecule has 2 N–H and O–H groups in total. The largest absolute Gasteiger partial charge is 0.472 e. The molecule has 0 amide bonds. The van der Waals surface area contributed by atoms with Gasteiger partial charge in [-0.15, -0.1) is 0 Å². The molecule has 4 nitrogen and oxygen atoms in total. The summed E-state index contributed by atoms with van der Waals surface area (Å²) in [4.78, 5) is 16.0. The second-order valence-corrected chi connectivity index (χ2v) is 5.90. The third-order valence-electron chi connectivity index (χ3n) is 2.67. The molecule has 0 aromatic heterocycles. The molecule has 0 bridgehead atoms. The number of rotatable bonds is 8. The first-order chi connectivity index (χ1) is 11.4. The molecule has 0 saturated carbocycles. The van der Waals surface area contributed by atoms with Crippen molar-refractivity contribution < 1.29 is 80.3 Å². The van der Waals surface area contributed by atoms with E-state index >= 15 is 0 Å². The Hall–Kier alpha value is -0.870. The van der Waals surface area contributed by atoms with Crippen LogP contribution in [0.15, 0.2) is 0 Å². The van der Waals surface area contributed by atoms with Gasteiger partial charge in [0, 0.05) is 0 Å². The van der Waals surface area contributed by atoms with Gasteiger partial charge >= 0.3 is 43.6 Å². The van der Waals surface area contributed by atoms with Crippen molar-refractivity contribution in [1.29, 1.82) is 0 Å². The molecule has 19 heteroatoms. The Morgan fingerprint density at radius 1 is 0.704 bits per heavy atom. The van der Waals surface area contributed by atoms with E-state index < -0.39 is 56.4 Å². The van der Waals surface area contributed by atoms with Crippen molar-refractivity contribution in [3.63, 3.8) is 0 Å². The Morgan fingerprint density at radius 2 is 1.04 bits per heavy atom. The van der Waals surface area contributed by atoms with E-state index in [1.54, 1.807) is 0 Å². The zero-order valence-corrected chi connectivity index (χ0v) is 12.6. The zero-order valence-electron chi connectivity index (χ0n) is 11.7. The highest BCUT2D eigenvalue weighted by molar-refractivity contribution is 7.46. The van der Waals surface area contributed by atoms with Crippen molar-refractivity contribution in [2.45, 2.75) is 48.6 Å². The molecule has 0 saturated heterocycles. The van der Waals surface area contributed by atoms with Crippen molar-refractivity contribution in [2.24, 2.45) is 0 Å². The highest BCUT2D eigenvalue weighted by atomic mass is 31.2. The fraction of sp³-hybridized carbons (Fsp3) is 1.00. The molecule has 164 valence electrons. The molecule has 1 atom stereocenters. The van der Waals surface area contributed by atoms with Gasteiger partial charge in [0.2, 0.25) is 6.36 Å². The molecular formula is C8H5F14O4P. The Balaban J connectivity index is 6.05. The van der Waals surface area contributed by atoms with Crippen molar-refractivity contribution in [2.75, 3.05) is 0 Å². The molecule has 27 heavy (non-hydrogen) atoms. The summed E-state index contributed by atoms with van der Waals surface area (Å²) < 4.78 is 190. The fourth-order valence-electron chi connectivity index (χ4n) is 1.32. The monoisotopic (exact) mass is 462 g/mol. The minimum absolute atomic E-state index is 2.71. The van der Waals surface area contributed by atoms with E-state index in [1.165, 1.54) is 0 Å². The first-order valence-corrected chi connectivity index (χ1v) is 7.22. The summed E-state index contributed by atoms with van der Waals surface area (Å²) in [5.41, 5.74) is 0. The summed E-state index contributed by atoms with van der Waals surface area (Å²) in [6, 6.07) is 0. The normalized spacial score (nSPS) is 17.2. The van der Waals surface area contributed by atoms with Gasteiger partial charge in [-0.2, -0.15) is 57.1 Å². The molecule has 0 rings (SSSR count). The molecule has 0 aliphatic carbocycles. The van der Waals surface area contributed by atoms with Crippen LogP contribution < -0.4 is 0 Å². The summed E-state index contributed by atoms with van der Waals surface area (Å²) >= 11 is 0. The lowest BCUT2D eigenvalue weighted by atomic mass is 9.92. The SMILES string of the molecule is O=P(O)(O)OC(F)CC(F)(F)C(F)(F)C(F)(F)C(F)(F)C(F)(F)C(F)(F)F. The Kier molecular flexibility index (Phi) is 6.65. The van der Waals surface area contributed by atoms with Crippen molar-refractivity contribution in [3.05, 3.63) is 0 Å². The highest BCUT2D eigenvalue weighted by Crippen LogP contribution is 2.61. The van der Waals surface area contributed by atoms with Gasteiger partial charge in [0.25, 0.3) is 0 Å². The quantitative estimate of drug-likeness (QED) is 0.412. The number of halogens is 14. The third-order valence-corrected chi connectivity index (χ3v) is 3.17. The number of hydrogen-bond acceptors (Lipinski definition) is 2. The summed E-state index contributed by atoms with van der Waals surface area (Å²) in [6.07, 6.45) is -15.3. The molecule has 0 spiro atoms. The van der Waals surface area contributed by atoms with Gasteiger partial charge in [0.15, 0.2) is 0 Å². The summed E-state index contributed by atoms with van der Waals surface area (Å²) in [7, 11) is -6.04. The molecule has 0 aliphatic heterocycles. The second-order valence-electron chi connectivity index (χ2n) is 4.71. The first-order valence-electron chi connectivity index (χ1n) is 5.69. The number of phosphoric ester groups is 1. The molecule has 0 radical (unpaired) electrons. The van der Waals surface area contributed by atoms with E-state index in [9.17, 15) is 66.0 Å². The fourth-order valence-corrected chi connectivity index (χ4v) is 1.69. The maximum absolute atomic E-state index is 13.1. The predicted molar refractivity (Wildman–Crippen MR) is 53.4 cm³/mol. The third kappa shape index (κ3) is 4.59. The maximum atomic E-state index is 13.1. The minimum atomic E-state index is -8.15. The molecule has 0 aliphatic rings. The number of alkyl halides is 14. The van der Waals surface area contributed by atoms with Crippen LogP contribution in [-0.4, -0.2) is 51.9 Å². The maximum Gasteiger partial charge on any atom is 0.472 e. The van der Waals surface area contributed by atoms with Gasteiger partial charge in [-0.1, -0.05) is 0 Å². The van der Waals surface area contributed by atoms with Crippen LogP contribution in [0.3, 0.4) is 0 Å². The van der Waals surface area contributed by atoms with Crippen LogP contribution in [0.5, 0.6) is 0 Å². The lowest BCUT2D eigenvalue weighted by molar-refractivity contribution is -0.441. The van der Waals surface area contributed by atoms with Crippen molar-refractivity contribution >= 4 is 7.82 Å². The van der Waals surface area contributed by atoms with E-state index in [0.29, 0.717) is 0 Å². The first kappa shape index (κ1) is 26.1. The van der Waals surface area contributed by atoms with Gasteiger partial charge < -0.3 is 9.79 Å². The molecule has 0 aromatic rings. The minimum Gasteiger partial charge on any atom is -0.303 e. The summed E-state index contributed by atoms with van der Waals surface area (Å²) in [5, 5.41) is 0. The standard InChI is InChI=1S/C8H5F14O4P/c9-2(26-27(23,24)25)1-3(10,11)4(12,13)5(14,15)6(16,17)7(18,19)8(20,21)22/h2H,1H2,(H2,23,24,25). The lowest BCUT2D eigenvalue weighted by Gasteiger charge is -2.39. The molecule has 1 unspecified atom stereocenters. The van der Waals surface area contributed by atoms with Crippen LogP contribution in [0.4, 0.5) is 61.5 Å². The van der Waals surface area contributed by atoms with E-state index in [4.69, 9.17) is 9.79 Å². The smallest absolute Gasteiger partial charge is 0.303 e. The zero-order chi connectivity index (χ0) is 22.5. The summed E-state index contributed by atoms with van der Waals surface area (Å²) in [5.74, 6) is -38.8. The topological polar surface area (TPSA) is 66.8 Å². The number of phosphoric acid groups is 1. The Labute approximate surface area is 138 Å².